The monoisotopic (exact) mass is 281 g/mol. The maximum atomic E-state index is 12.3. The zero-order valence-electron chi connectivity index (χ0n) is 11.9. The molecular formula is C13H19N3O4. The molecule has 2 aliphatic heterocycles. The van der Waals surface area contributed by atoms with Gasteiger partial charge in [-0.3, -0.25) is 24.6 Å². The first-order chi connectivity index (χ1) is 9.26. The van der Waals surface area contributed by atoms with Crippen LogP contribution in [0.25, 0.3) is 0 Å². The van der Waals surface area contributed by atoms with Crippen molar-refractivity contribution >= 4 is 23.8 Å². The minimum Gasteiger partial charge on any atom is -0.341 e. The Bertz CT molecular complexity index is 480. The minimum absolute atomic E-state index is 0.254. The van der Waals surface area contributed by atoms with Crippen molar-refractivity contribution < 1.29 is 19.2 Å². The number of carbonyl (C=O) groups excluding carboxylic acids is 4. The topological polar surface area (TPSA) is 86.8 Å². The van der Waals surface area contributed by atoms with Gasteiger partial charge in [-0.05, 0) is 33.6 Å². The highest BCUT2D eigenvalue weighted by atomic mass is 16.2. The fourth-order valence-corrected chi connectivity index (χ4v) is 2.47. The van der Waals surface area contributed by atoms with E-state index in [2.05, 4.69) is 5.32 Å². The predicted octanol–water partition coefficient (Wildman–Crippen LogP) is 0.102. The molecule has 1 N–H and O–H groups in total. The van der Waals surface area contributed by atoms with Gasteiger partial charge in [-0.2, -0.15) is 0 Å². The molecule has 0 aromatic heterocycles. The van der Waals surface area contributed by atoms with Crippen LogP contribution in [0, 0.1) is 5.41 Å². The smallest absolute Gasteiger partial charge is 0.331 e. The molecule has 7 heteroatoms. The SMILES string of the molecule is CC(C(=O)N1CCCC1)N1C(=O)NC(=O)C(C)(C)C1=O. The lowest BCUT2D eigenvalue weighted by Gasteiger charge is -2.38. The molecule has 20 heavy (non-hydrogen) atoms. The molecule has 0 aromatic rings. The fraction of sp³-hybridized carbons (Fsp3) is 0.692. The van der Waals surface area contributed by atoms with E-state index in [-0.39, 0.29) is 5.91 Å². The Labute approximate surface area is 117 Å². The summed E-state index contributed by atoms with van der Waals surface area (Å²) in [6.07, 6.45) is 1.87. The second-order valence-electron chi connectivity index (χ2n) is 5.77. The molecule has 2 fully saturated rings. The number of urea groups is 1. The number of carbonyl (C=O) groups is 4. The molecule has 2 heterocycles. The van der Waals surface area contributed by atoms with E-state index in [4.69, 9.17) is 0 Å². The molecule has 2 saturated heterocycles. The third-order valence-corrected chi connectivity index (χ3v) is 3.92. The molecule has 0 aromatic carbocycles. The molecular weight excluding hydrogens is 262 g/mol. The number of nitrogens with zero attached hydrogens (tertiary/aromatic N) is 2. The van der Waals surface area contributed by atoms with Gasteiger partial charge < -0.3 is 4.90 Å². The molecule has 2 aliphatic rings. The van der Waals surface area contributed by atoms with Gasteiger partial charge in [0.2, 0.25) is 17.7 Å². The van der Waals surface area contributed by atoms with Gasteiger partial charge >= 0.3 is 6.03 Å². The lowest BCUT2D eigenvalue weighted by atomic mass is 9.88. The lowest BCUT2D eigenvalue weighted by molar-refractivity contribution is -0.154. The van der Waals surface area contributed by atoms with Gasteiger partial charge in [0.25, 0.3) is 0 Å². The van der Waals surface area contributed by atoms with Crippen molar-refractivity contribution in [2.75, 3.05) is 13.1 Å². The van der Waals surface area contributed by atoms with E-state index in [1.165, 1.54) is 20.8 Å². The zero-order chi connectivity index (χ0) is 15.1. The molecule has 1 atom stereocenters. The summed E-state index contributed by atoms with van der Waals surface area (Å²) in [5.74, 6) is -1.52. The maximum Gasteiger partial charge on any atom is 0.331 e. The van der Waals surface area contributed by atoms with Gasteiger partial charge in [-0.25, -0.2) is 4.79 Å². The Kier molecular flexibility index (Phi) is 3.54. The molecule has 7 nitrogen and oxygen atoms in total. The number of nitrogens with one attached hydrogen (secondary N) is 1. The van der Waals surface area contributed by atoms with Crippen LogP contribution in [0.15, 0.2) is 0 Å². The van der Waals surface area contributed by atoms with Crippen molar-refractivity contribution in [1.82, 2.24) is 15.1 Å². The summed E-state index contributed by atoms with van der Waals surface area (Å²) >= 11 is 0. The predicted molar refractivity (Wildman–Crippen MR) is 69.4 cm³/mol. The molecule has 5 amide bonds. The number of barbiturate groups is 1. The number of likely N-dealkylation sites (tertiary alicyclic amines) is 1. The number of hydrogen-bond donors (Lipinski definition) is 1. The Hall–Kier alpha value is -1.92. The van der Waals surface area contributed by atoms with Crippen LogP contribution in [0.5, 0.6) is 0 Å². The Morgan fingerprint density at radius 1 is 1.20 bits per heavy atom. The summed E-state index contributed by atoms with van der Waals surface area (Å²) in [6.45, 7) is 5.70. The summed E-state index contributed by atoms with van der Waals surface area (Å²) in [5, 5.41) is 2.13. The van der Waals surface area contributed by atoms with Crippen molar-refractivity contribution in [3.8, 4) is 0 Å². The van der Waals surface area contributed by atoms with E-state index >= 15 is 0 Å². The van der Waals surface area contributed by atoms with Crippen LogP contribution >= 0.6 is 0 Å². The fourth-order valence-electron chi connectivity index (χ4n) is 2.47. The summed E-state index contributed by atoms with van der Waals surface area (Å²) in [4.78, 5) is 50.6. The zero-order valence-corrected chi connectivity index (χ0v) is 11.9. The molecule has 0 saturated carbocycles. The average molecular weight is 281 g/mol. The van der Waals surface area contributed by atoms with E-state index < -0.39 is 29.3 Å². The van der Waals surface area contributed by atoms with Crippen LogP contribution in [-0.2, 0) is 14.4 Å². The van der Waals surface area contributed by atoms with Gasteiger partial charge in [0.05, 0.1) is 0 Å². The van der Waals surface area contributed by atoms with Crippen LogP contribution in [0.4, 0.5) is 4.79 Å². The van der Waals surface area contributed by atoms with Crippen LogP contribution in [0.3, 0.4) is 0 Å². The highest BCUT2D eigenvalue weighted by Gasteiger charge is 2.50. The van der Waals surface area contributed by atoms with E-state index in [0.29, 0.717) is 13.1 Å². The Morgan fingerprint density at radius 3 is 2.30 bits per heavy atom. The first-order valence-corrected chi connectivity index (χ1v) is 6.74. The largest absolute Gasteiger partial charge is 0.341 e. The summed E-state index contributed by atoms with van der Waals surface area (Å²) in [6, 6.07) is -1.72. The lowest BCUT2D eigenvalue weighted by Crippen LogP contribution is -2.66. The van der Waals surface area contributed by atoms with Gasteiger partial charge in [0.1, 0.15) is 11.5 Å². The highest BCUT2D eigenvalue weighted by molar-refractivity contribution is 6.19. The molecule has 0 spiro atoms. The number of rotatable bonds is 2. The summed E-state index contributed by atoms with van der Waals surface area (Å²) in [7, 11) is 0. The van der Waals surface area contributed by atoms with Gasteiger partial charge in [-0.1, -0.05) is 0 Å². The average Bonchev–Trinajstić information content (AvgIpc) is 2.89. The van der Waals surface area contributed by atoms with Gasteiger partial charge in [0.15, 0.2) is 0 Å². The third-order valence-electron chi connectivity index (χ3n) is 3.92. The molecule has 1 unspecified atom stereocenters. The van der Waals surface area contributed by atoms with Crippen molar-refractivity contribution in [2.45, 2.75) is 39.7 Å². The molecule has 2 rings (SSSR count). The van der Waals surface area contributed by atoms with Gasteiger partial charge in [0, 0.05) is 13.1 Å². The highest BCUT2D eigenvalue weighted by Crippen LogP contribution is 2.25. The van der Waals surface area contributed by atoms with Crippen LogP contribution in [0.1, 0.15) is 33.6 Å². The van der Waals surface area contributed by atoms with Crippen molar-refractivity contribution in [1.29, 1.82) is 0 Å². The summed E-state index contributed by atoms with van der Waals surface area (Å²) in [5.41, 5.74) is -1.34. The molecule has 0 radical (unpaired) electrons. The van der Waals surface area contributed by atoms with Gasteiger partial charge in [-0.15, -0.1) is 0 Å². The van der Waals surface area contributed by atoms with Crippen LogP contribution < -0.4 is 5.32 Å². The summed E-state index contributed by atoms with van der Waals surface area (Å²) < 4.78 is 0. The van der Waals surface area contributed by atoms with E-state index in [9.17, 15) is 19.2 Å². The number of imide groups is 2. The van der Waals surface area contributed by atoms with Crippen LogP contribution in [-0.4, -0.2) is 52.7 Å². The first-order valence-electron chi connectivity index (χ1n) is 6.74. The van der Waals surface area contributed by atoms with E-state index in [1.54, 1.807) is 4.90 Å². The second-order valence-corrected chi connectivity index (χ2v) is 5.77. The van der Waals surface area contributed by atoms with Crippen molar-refractivity contribution in [3.05, 3.63) is 0 Å². The van der Waals surface area contributed by atoms with Crippen molar-refractivity contribution in [2.24, 2.45) is 5.41 Å². The number of hydrogen-bond acceptors (Lipinski definition) is 4. The Morgan fingerprint density at radius 2 is 1.75 bits per heavy atom. The molecule has 0 aliphatic carbocycles. The van der Waals surface area contributed by atoms with E-state index in [1.807, 2.05) is 0 Å². The van der Waals surface area contributed by atoms with Crippen LogP contribution in [0.2, 0.25) is 0 Å². The standard InChI is InChI=1S/C13H19N3O4/c1-8(9(17)15-6-4-5-7-15)16-11(19)13(2,3)10(18)14-12(16)20/h8H,4-7H2,1-3H3,(H,14,18,20). The molecule has 0 bridgehead atoms. The second kappa shape index (κ2) is 4.88. The molecule has 110 valence electrons. The maximum absolute atomic E-state index is 12.3. The minimum atomic E-state index is -1.34. The third kappa shape index (κ3) is 2.17. The Balaban J connectivity index is 2.21. The quantitative estimate of drug-likeness (QED) is 0.727. The van der Waals surface area contributed by atoms with E-state index in [0.717, 1.165) is 17.7 Å². The normalized spacial score (nSPS) is 23.9. The number of amides is 5. The first kappa shape index (κ1) is 14.5. The van der Waals surface area contributed by atoms with Crippen molar-refractivity contribution in [3.63, 3.8) is 0 Å².